The molecule has 0 N–H and O–H groups in total. The van der Waals surface area contributed by atoms with E-state index in [9.17, 15) is 0 Å². The number of fused-ring (bicyclic) bond motifs is 2. The van der Waals surface area contributed by atoms with Crippen LogP contribution in [-0.2, 0) is 0 Å². The van der Waals surface area contributed by atoms with Crippen LogP contribution < -0.4 is 0 Å². The first kappa shape index (κ1) is 13.5. The van der Waals surface area contributed by atoms with Gasteiger partial charge in [-0.2, -0.15) is 0 Å². The number of nitrogens with zero attached hydrogens (tertiary/aromatic N) is 2. The van der Waals surface area contributed by atoms with E-state index in [0.29, 0.717) is 23.1 Å². The third-order valence-corrected chi connectivity index (χ3v) is 7.00. The van der Waals surface area contributed by atoms with Crippen molar-refractivity contribution in [2.24, 2.45) is 0 Å². The lowest BCUT2D eigenvalue weighted by Crippen LogP contribution is -1.90. The highest BCUT2D eigenvalue weighted by Crippen LogP contribution is 2.43. The lowest BCUT2D eigenvalue weighted by Gasteiger charge is -2.14. The van der Waals surface area contributed by atoms with Crippen molar-refractivity contribution in [2.75, 3.05) is 12.0 Å². The summed E-state index contributed by atoms with van der Waals surface area (Å²) in [4.78, 5) is 12.9. The van der Waals surface area contributed by atoms with Gasteiger partial charge in [0.2, 0.25) is 0 Å². The topological polar surface area (TPSA) is 25.8 Å². The number of hydrogen-bond acceptors (Lipinski definition) is 5. The van der Waals surface area contributed by atoms with E-state index in [0.717, 1.165) is 36.1 Å². The quantitative estimate of drug-likeness (QED) is 0.346. The van der Waals surface area contributed by atoms with Crippen molar-refractivity contribution < 1.29 is 5.48 Å². The summed E-state index contributed by atoms with van der Waals surface area (Å²) in [7, 11) is 0. The molecule has 0 spiro atoms. The molecule has 0 aliphatic carbocycles. The van der Waals surface area contributed by atoms with Crippen LogP contribution in [0, 0.1) is 0 Å². The van der Waals surface area contributed by atoms with Crippen molar-refractivity contribution in [3.05, 3.63) is 60.8 Å². The Morgan fingerprint density at radius 3 is 2.08 bits per heavy atom. The predicted molar refractivity (Wildman–Crippen MR) is 116 cm³/mol. The minimum Gasteiger partial charge on any atom is -0.255 e. The zero-order valence-electron chi connectivity index (χ0n) is 18.3. The maximum atomic E-state index is 8.17. The smallest absolute Gasteiger partial charge is 0.0714 e. The van der Waals surface area contributed by atoms with E-state index in [1.54, 1.807) is 59.8 Å². The number of hydrogen-bond donors (Lipinski definition) is 0. The molecule has 2 aromatic heterocycles. The maximum Gasteiger partial charge on any atom is 0.0714 e. The summed E-state index contributed by atoms with van der Waals surface area (Å²) in [5.41, 5.74) is 1.20. The molecule has 26 heavy (non-hydrogen) atoms. The Morgan fingerprint density at radius 2 is 1.50 bits per heavy atom. The summed E-state index contributed by atoms with van der Waals surface area (Å²) >= 11 is 4.80. The summed E-state index contributed by atoms with van der Waals surface area (Å²) in [6, 6.07) is 7.67. The summed E-state index contributed by atoms with van der Waals surface area (Å²) in [5.74, 6) is 0.859. The lowest BCUT2D eigenvalue weighted by molar-refractivity contribution is 1.16. The average Bonchev–Trinajstić information content (AvgIpc) is 2.69. The molecule has 130 valence electrons. The zero-order valence-corrected chi connectivity index (χ0v) is 16.7. The molecule has 0 bridgehead atoms. The number of para-hydroxylation sites is 2. The molecule has 2 aromatic carbocycles. The number of rotatable bonds is 5. The molecule has 2 nitrogen and oxygen atoms in total. The highest BCUT2D eigenvalue weighted by Gasteiger charge is 2.14. The summed E-state index contributed by atoms with van der Waals surface area (Å²) in [5, 5.41) is 1.64. The van der Waals surface area contributed by atoms with Gasteiger partial charge in [0.25, 0.3) is 0 Å². The monoisotopic (exact) mass is 398 g/mol. The Balaban J connectivity index is 1.90. The summed E-state index contributed by atoms with van der Waals surface area (Å²) < 4.78 is 32.3. The molecule has 2 heterocycles. The average molecular weight is 399 g/mol. The van der Waals surface area contributed by atoms with Gasteiger partial charge in [0.15, 0.2) is 0 Å². The molecule has 0 aliphatic heterocycles. The number of thioether (sulfide) groups is 2. The van der Waals surface area contributed by atoms with Crippen LogP contribution in [0.25, 0.3) is 21.8 Å². The molecular formula is C21H18N2S3. The third-order valence-electron chi connectivity index (χ3n) is 3.82. The minimum absolute atomic E-state index is 0.255. The molecule has 0 saturated heterocycles. The van der Waals surface area contributed by atoms with Gasteiger partial charge in [0.05, 0.1) is 16.5 Å². The Bertz CT molecular complexity index is 1280. The first-order valence-corrected chi connectivity index (χ1v) is 11.1. The molecule has 0 aliphatic rings. The third kappa shape index (κ3) is 3.31. The standard InChI is InChI=1S/C21H18N2S3/c1-3-25-21-15-9-5-7-11-17(15)23-13-19(21)26-18-12-22-16-10-6-4-8-14(16)20(18)24-2/h4-13H,3H2,1-2H3/i4D,5D,10D,11D. The second kappa shape index (κ2) is 7.91. The van der Waals surface area contributed by atoms with Crippen LogP contribution >= 0.6 is 35.3 Å². The lowest BCUT2D eigenvalue weighted by atomic mass is 10.2. The largest absolute Gasteiger partial charge is 0.255 e. The van der Waals surface area contributed by atoms with E-state index in [4.69, 9.17) is 5.48 Å². The number of benzene rings is 2. The molecule has 0 saturated carbocycles. The fourth-order valence-corrected chi connectivity index (χ4v) is 5.67. The van der Waals surface area contributed by atoms with E-state index in [2.05, 4.69) is 16.9 Å². The second-order valence-electron chi connectivity index (χ2n) is 5.37. The molecular weight excluding hydrogens is 376 g/mol. The molecule has 0 atom stereocenters. The Labute approximate surface area is 171 Å². The molecule has 0 fully saturated rings. The van der Waals surface area contributed by atoms with Crippen LogP contribution in [0.4, 0.5) is 0 Å². The zero-order chi connectivity index (χ0) is 21.4. The van der Waals surface area contributed by atoms with Gasteiger partial charge < -0.3 is 0 Å². The Hall–Kier alpha value is -1.69. The van der Waals surface area contributed by atoms with Crippen molar-refractivity contribution in [1.82, 2.24) is 9.97 Å². The van der Waals surface area contributed by atoms with Gasteiger partial charge >= 0.3 is 0 Å². The van der Waals surface area contributed by atoms with Gasteiger partial charge in [-0.05, 0) is 24.1 Å². The normalized spacial score (nSPS) is 13.5. The molecule has 4 aromatic rings. The van der Waals surface area contributed by atoms with Gasteiger partial charge in [-0.15, -0.1) is 23.5 Å². The maximum absolute atomic E-state index is 8.17. The van der Waals surface area contributed by atoms with Crippen molar-refractivity contribution >= 4 is 57.1 Å². The van der Waals surface area contributed by atoms with Gasteiger partial charge in [0, 0.05) is 42.7 Å². The van der Waals surface area contributed by atoms with Crippen LogP contribution in [-0.4, -0.2) is 22.0 Å². The first-order valence-electron chi connectivity index (χ1n) is 10.1. The highest BCUT2D eigenvalue weighted by atomic mass is 32.2. The summed E-state index contributed by atoms with van der Waals surface area (Å²) in [6.45, 7) is 2.08. The first-order chi connectivity index (χ1) is 14.4. The number of aromatic nitrogens is 2. The SMILES string of the molecule is [2H]c1cc([2H])c2ncc(Sc3cnc4c([2H])cc([2H])cc4c3SCC)c(SC)c2c1. The highest BCUT2D eigenvalue weighted by molar-refractivity contribution is 8.03. The van der Waals surface area contributed by atoms with E-state index in [1.807, 2.05) is 6.26 Å². The molecule has 5 heteroatoms. The van der Waals surface area contributed by atoms with Gasteiger partial charge in [-0.3, -0.25) is 9.97 Å². The van der Waals surface area contributed by atoms with Crippen LogP contribution in [0.3, 0.4) is 0 Å². The van der Waals surface area contributed by atoms with Crippen molar-refractivity contribution in [3.8, 4) is 0 Å². The van der Waals surface area contributed by atoms with Gasteiger partial charge in [-0.25, -0.2) is 0 Å². The summed E-state index contributed by atoms with van der Waals surface area (Å²) in [6.07, 6.45) is 5.55. The van der Waals surface area contributed by atoms with E-state index >= 15 is 0 Å². The molecule has 0 amide bonds. The predicted octanol–water partition coefficient (Wildman–Crippen LogP) is 6.77. The van der Waals surface area contributed by atoms with Crippen molar-refractivity contribution in [2.45, 2.75) is 26.5 Å². The molecule has 0 radical (unpaired) electrons. The fraction of sp³-hybridized carbons (Fsp3) is 0.143. The van der Waals surface area contributed by atoms with Crippen LogP contribution in [0.15, 0.2) is 80.4 Å². The van der Waals surface area contributed by atoms with E-state index in [-0.39, 0.29) is 12.1 Å². The molecule has 0 unspecified atom stereocenters. The van der Waals surface area contributed by atoms with Crippen molar-refractivity contribution in [3.63, 3.8) is 0 Å². The van der Waals surface area contributed by atoms with Gasteiger partial charge in [-0.1, -0.05) is 55.0 Å². The second-order valence-corrected chi connectivity index (χ2v) is 8.54. The van der Waals surface area contributed by atoms with E-state index in [1.165, 1.54) is 12.1 Å². The van der Waals surface area contributed by atoms with Gasteiger partial charge in [0.1, 0.15) is 0 Å². The minimum atomic E-state index is 0.255. The molecule has 4 rings (SSSR count). The Morgan fingerprint density at radius 1 is 0.923 bits per heavy atom. The van der Waals surface area contributed by atoms with Crippen LogP contribution in [0.1, 0.15) is 12.4 Å². The Kier molecular flexibility index (Phi) is 4.10. The van der Waals surface area contributed by atoms with E-state index < -0.39 is 0 Å². The number of pyridine rings is 2. The fourth-order valence-electron chi connectivity index (χ4n) is 2.72. The van der Waals surface area contributed by atoms with Crippen molar-refractivity contribution in [1.29, 1.82) is 0 Å². The van der Waals surface area contributed by atoms with Crippen LogP contribution in [0.5, 0.6) is 0 Å². The van der Waals surface area contributed by atoms with Crippen LogP contribution in [0.2, 0.25) is 0 Å².